The van der Waals surface area contributed by atoms with Gasteiger partial charge in [0.15, 0.2) is 0 Å². The van der Waals surface area contributed by atoms with Crippen LogP contribution in [-0.2, 0) is 26.0 Å². The molecule has 0 saturated carbocycles. The van der Waals surface area contributed by atoms with E-state index >= 15 is 0 Å². The molecule has 0 aliphatic carbocycles. The second-order valence-electron chi connectivity index (χ2n) is 6.25. The second-order valence-corrected chi connectivity index (χ2v) is 8.06. The Bertz CT molecular complexity index is 971. The molecule has 1 unspecified atom stereocenters. The number of rotatable bonds is 5. The van der Waals surface area contributed by atoms with E-state index < -0.39 is 16.1 Å². The molecule has 1 atom stereocenters. The van der Waals surface area contributed by atoms with Crippen LogP contribution in [0.3, 0.4) is 0 Å². The largest absolute Gasteiger partial charge is 0.355 e. The molecule has 8 heteroatoms. The van der Waals surface area contributed by atoms with E-state index in [4.69, 9.17) is 0 Å². The SMILES string of the molecule is CCNC(=O)C1Cc2ccccc2N1S(=O)(=O)c1ccc(NC(C)=O)cc1. The standard InChI is InChI=1S/C19H21N3O4S/c1-3-20-19(24)18-12-14-6-4-5-7-17(14)22(18)27(25,26)16-10-8-15(9-11-16)21-13(2)23/h4-11,18H,3,12H2,1-2H3,(H,20,24)(H,21,23). The molecule has 0 fully saturated rings. The molecule has 0 saturated heterocycles. The predicted molar refractivity (Wildman–Crippen MR) is 103 cm³/mol. The molecule has 1 aliphatic heterocycles. The third-order valence-electron chi connectivity index (χ3n) is 4.31. The van der Waals surface area contributed by atoms with Crippen molar-refractivity contribution in [3.05, 3.63) is 54.1 Å². The van der Waals surface area contributed by atoms with Crippen LogP contribution in [0, 0.1) is 0 Å². The number of carbonyl (C=O) groups excluding carboxylic acids is 2. The van der Waals surface area contributed by atoms with Crippen LogP contribution in [0.5, 0.6) is 0 Å². The van der Waals surface area contributed by atoms with E-state index in [9.17, 15) is 18.0 Å². The quantitative estimate of drug-likeness (QED) is 0.819. The lowest BCUT2D eigenvalue weighted by Crippen LogP contribution is -2.47. The first kappa shape index (κ1) is 18.9. The summed E-state index contributed by atoms with van der Waals surface area (Å²) in [4.78, 5) is 23.7. The Morgan fingerprint density at radius 1 is 1.11 bits per heavy atom. The van der Waals surface area contributed by atoms with Gasteiger partial charge in [-0.15, -0.1) is 0 Å². The third kappa shape index (κ3) is 3.66. The smallest absolute Gasteiger partial charge is 0.265 e. The van der Waals surface area contributed by atoms with Gasteiger partial charge in [0, 0.05) is 25.6 Å². The lowest BCUT2D eigenvalue weighted by atomic mass is 10.1. The lowest BCUT2D eigenvalue weighted by molar-refractivity contribution is -0.122. The van der Waals surface area contributed by atoms with E-state index in [1.807, 2.05) is 12.1 Å². The molecule has 27 heavy (non-hydrogen) atoms. The fourth-order valence-electron chi connectivity index (χ4n) is 3.17. The average Bonchev–Trinajstić information content (AvgIpc) is 3.02. The zero-order valence-corrected chi connectivity index (χ0v) is 15.9. The van der Waals surface area contributed by atoms with E-state index in [2.05, 4.69) is 10.6 Å². The number of likely N-dealkylation sites (N-methyl/N-ethyl adjacent to an activating group) is 1. The van der Waals surface area contributed by atoms with Gasteiger partial charge >= 0.3 is 0 Å². The summed E-state index contributed by atoms with van der Waals surface area (Å²) in [5.41, 5.74) is 1.83. The van der Waals surface area contributed by atoms with Crippen molar-refractivity contribution in [1.82, 2.24) is 5.32 Å². The fourth-order valence-corrected chi connectivity index (χ4v) is 4.82. The molecule has 0 radical (unpaired) electrons. The maximum absolute atomic E-state index is 13.3. The van der Waals surface area contributed by atoms with Gasteiger partial charge in [0.25, 0.3) is 10.0 Å². The van der Waals surface area contributed by atoms with Gasteiger partial charge in [0.05, 0.1) is 10.6 Å². The Hall–Kier alpha value is -2.87. The van der Waals surface area contributed by atoms with Gasteiger partial charge in [0.1, 0.15) is 6.04 Å². The topological polar surface area (TPSA) is 95.6 Å². The average molecular weight is 387 g/mol. The number of fused-ring (bicyclic) bond motifs is 1. The van der Waals surface area contributed by atoms with Crippen molar-refractivity contribution in [3.63, 3.8) is 0 Å². The first-order chi connectivity index (χ1) is 12.8. The summed E-state index contributed by atoms with van der Waals surface area (Å²) >= 11 is 0. The molecular formula is C19H21N3O4S. The minimum atomic E-state index is -3.95. The van der Waals surface area contributed by atoms with Crippen molar-refractivity contribution in [2.45, 2.75) is 31.2 Å². The van der Waals surface area contributed by atoms with Crippen molar-refractivity contribution in [2.75, 3.05) is 16.2 Å². The van der Waals surface area contributed by atoms with Crippen LogP contribution in [-0.4, -0.2) is 32.8 Å². The van der Waals surface area contributed by atoms with Crippen LogP contribution in [0.2, 0.25) is 0 Å². The molecular weight excluding hydrogens is 366 g/mol. The first-order valence-corrected chi connectivity index (χ1v) is 10.1. The maximum Gasteiger partial charge on any atom is 0.265 e. The molecule has 3 rings (SSSR count). The number of nitrogens with zero attached hydrogens (tertiary/aromatic N) is 1. The number of benzene rings is 2. The molecule has 2 N–H and O–H groups in total. The van der Waals surface area contributed by atoms with Crippen molar-refractivity contribution < 1.29 is 18.0 Å². The molecule has 2 aromatic rings. The van der Waals surface area contributed by atoms with Crippen molar-refractivity contribution >= 4 is 33.2 Å². The number of hydrogen-bond acceptors (Lipinski definition) is 4. The number of anilines is 2. The van der Waals surface area contributed by atoms with Crippen LogP contribution < -0.4 is 14.9 Å². The zero-order valence-electron chi connectivity index (χ0n) is 15.1. The van der Waals surface area contributed by atoms with E-state index in [0.29, 0.717) is 24.3 Å². The van der Waals surface area contributed by atoms with E-state index in [-0.39, 0.29) is 16.7 Å². The van der Waals surface area contributed by atoms with Gasteiger partial charge in [0.2, 0.25) is 11.8 Å². The van der Waals surface area contributed by atoms with Crippen molar-refractivity contribution in [1.29, 1.82) is 0 Å². The molecule has 1 aliphatic rings. The summed E-state index contributed by atoms with van der Waals surface area (Å²) in [6.45, 7) is 3.59. The number of nitrogens with one attached hydrogen (secondary N) is 2. The van der Waals surface area contributed by atoms with E-state index in [0.717, 1.165) is 5.56 Å². The van der Waals surface area contributed by atoms with Crippen LogP contribution >= 0.6 is 0 Å². The zero-order chi connectivity index (χ0) is 19.6. The molecule has 2 amide bonds. The van der Waals surface area contributed by atoms with Gasteiger partial charge in [-0.1, -0.05) is 18.2 Å². The highest BCUT2D eigenvalue weighted by Crippen LogP contribution is 2.37. The third-order valence-corrected chi connectivity index (χ3v) is 6.15. The minimum absolute atomic E-state index is 0.0580. The number of amides is 2. The number of para-hydroxylation sites is 1. The Labute approximate surface area is 158 Å². The van der Waals surface area contributed by atoms with Gasteiger partial charge in [-0.25, -0.2) is 8.42 Å². The fraction of sp³-hybridized carbons (Fsp3) is 0.263. The summed E-state index contributed by atoms with van der Waals surface area (Å²) < 4.78 is 27.8. The highest BCUT2D eigenvalue weighted by molar-refractivity contribution is 7.93. The first-order valence-electron chi connectivity index (χ1n) is 8.62. The minimum Gasteiger partial charge on any atom is -0.355 e. The highest BCUT2D eigenvalue weighted by atomic mass is 32.2. The number of carbonyl (C=O) groups is 2. The van der Waals surface area contributed by atoms with Crippen LogP contribution in [0.4, 0.5) is 11.4 Å². The molecule has 0 aromatic heterocycles. The highest BCUT2D eigenvalue weighted by Gasteiger charge is 2.41. The van der Waals surface area contributed by atoms with Gasteiger partial charge in [-0.2, -0.15) is 0 Å². The van der Waals surface area contributed by atoms with E-state index in [1.54, 1.807) is 19.1 Å². The maximum atomic E-state index is 13.3. The second kappa shape index (κ2) is 7.40. The molecule has 142 valence electrons. The summed E-state index contributed by atoms with van der Waals surface area (Å²) in [7, 11) is -3.95. The van der Waals surface area contributed by atoms with Gasteiger partial charge < -0.3 is 10.6 Å². The summed E-state index contributed by atoms with van der Waals surface area (Å²) in [5.74, 6) is -0.567. The Morgan fingerprint density at radius 2 is 1.78 bits per heavy atom. The Balaban J connectivity index is 2.01. The Kier molecular flexibility index (Phi) is 5.18. The van der Waals surface area contributed by atoms with Crippen LogP contribution in [0.15, 0.2) is 53.4 Å². The van der Waals surface area contributed by atoms with Gasteiger partial charge in [-0.05, 0) is 42.8 Å². The monoisotopic (exact) mass is 387 g/mol. The molecule has 0 bridgehead atoms. The van der Waals surface area contributed by atoms with Crippen LogP contribution in [0.1, 0.15) is 19.4 Å². The number of sulfonamides is 1. The van der Waals surface area contributed by atoms with Gasteiger partial charge in [-0.3, -0.25) is 13.9 Å². The lowest BCUT2D eigenvalue weighted by Gasteiger charge is -2.26. The normalized spacial score (nSPS) is 15.9. The number of hydrogen-bond donors (Lipinski definition) is 2. The van der Waals surface area contributed by atoms with Crippen LogP contribution in [0.25, 0.3) is 0 Å². The summed E-state index contributed by atoms with van der Waals surface area (Å²) in [6, 6.07) is 12.2. The summed E-state index contributed by atoms with van der Waals surface area (Å²) in [6.07, 6.45) is 0.325. The predicted octanol–water partition coefficient (Wildman–Crippen LogP) is 1.90. The molecule has 0 spiro atoms. The Morgan fingerprint density at radius 3 is 2.41 bits per heavy atom. The molecule has 1 heterocycles. The molecule has 2 aromatic carbocycles. The summed E-state index contributed by atoms with van der Waals surface area (Å²) in [5, 5.41) is 5.31. The van der Waals surface area contributed by atoms with Crippen molar-refractivity contribution in [3.8, 4) is 0 Å². The van der Waals surface area contributed by atoms with E-state index in [1.165, 1.54) is 35.5 Å². The van der Waals surface area contributed by atoms with Crippen molar-refractivity contribution in [2.24, 2.45) is 0 Å². The molecule has 7 nitrogen and oxygen atoms in total.